The van der Waals surface area contributed by atoms with Crippen LogP contribution in [0.3, 0.4) is 0 Å². The van der Waals surface area contributed by atoms with Crippen molar-refractivity contribution in [3.63, 3.8) is 0 Å². The number of nitrogens with zero attached hydrogens (tertiary/aromatic N) is 1. The molecule has 1 amide bonds. The minimum absolute atomic E-state index is 0.0117. The zero-order chi connectivity index (χ0) is 9.42. The Balaban J connectivity index is 2.15. The summed E-state index contributed by atoms with van der Waals surface area (Å²) in [5.41, 5.74) is 0. The number of morpholine rings is 1. The third kappa shape index (κ3) is 1.29. The molecule has 5 nitrogen and oxygen atoms in total. The van der Waals surface area contributed by atoms with Crippen molar-refractivity contribution >= 4 is 11.9 Å². The molecule has 13 heavy (non-hydrogen) atoms. The molecule has 2 aliphatic heterocycles. The average molecular weight is 185 g/mol. The van der Waals surface area contributed by atoms with Crippen LogP contribution >= 0.6 is 0 Å². The Morgan fingerprint density at radius 2 is 1.77 bits per heavy atom. The first-order chi connectivity index (χ1) is 6.20. The third-order valence-corrected chi connectivity index (χ3v) is 2.66. The van der Waals surface area contributed by atoms with E-state index in [0.29, 0.717) is 13.2 Å². The Labute approximate surface area is 75.3 Å². The third-order valence-electron chi connectivity index (χ3n) is 2.66. The van der Waals surface area contributed by atoms with Gasteiger partial charge < -0.3 is 14.7 Å². The second-order valence-electron chi connectivity index (χ2n) is 3.44. The van der Waals surface area contributed by atoms with Gasteiger partial charge in [-0.1, -0.05) is 0 Å². The predicted molar refractivity (Wildman–Crippen MR) is 42.1 cm³/mol. The van der Waals surface area contributed by atoms with Gasteiger partial charge in [-0.05, 0) is 12.8 Å². The number of hydrogen-bond donors (Lipinski definition) is 1. The highest BCUT2D eigenvalue weighted by molar-refractivity contribution is 6.31. The van der Waals surface area contributed by atoms with Crippen LogP contribution in [0.2, 0.25) is 0 Å². The second-order valence-corrected chi connectivity index (χ2v) is 3.44. The van der Waals surface area contributed by atoms with Crippen LogP contribution in [0.5, 0.6) is 0 Å². The number of carbonyl (C=O) groups excluding carboxylic acids is 1. The summed E-state index contributed by atoms with van der Waals surface area (Å²) in [5.74, 6) is -2.14. The van der Waals surface area contributed by atoms with Crippen LogP contribution in [-0.4, -0.2) is 47.2 Å². The first-order valence-electron chi connectivity index (χ1n) is 4.33. The number of fused-ring (bicyclic) bond motifs is 2. The van der Waals surface area contributed by atoms with E-state index in [2.05, 4.69) is 0 Å². The van der Waals surface area contributed by atoms with Crippen molar-refractivity contribution in [1.29, 1.82) is 0 Å². The lowest BCUT2D eigenvalue weighted by Gasteiger charge is -2.33. The second kappa shape index (κ2) is 2.99. The van der Waals surface area contributed by atoms with Crippen molar-refractivity contribution in [1.82, 2.24) is 4.90 Å². The van der Waals surface area contributed by atoms with Crippen LogP contribution in [0.1, 0.15) is 12.8 Å². The molecule has 5 heteroatoms. The Bertz CT molecular complexity index is 237. The van der Waals surface area contributed by atoms with Crippen molar-refractivity contribution in [2.45, 2.75) is 24.9 Å². The lowest BCUT2D eigenvalue weighted by atomic mass is 10.2. The number of ether oxygens (including phenoxy) is 1. The molecule has 0 aromatic carbocycles. The Morgan fingerprint density at radius 1 is 1.23 bits per heavy atom. The first kappa shape index (κ1) is 8.50. The SMILES string of the molecule is O=C(O)C(=O)N1C2CCC1COC2. The maximum atomic E-state index is 11.2. The summed E-state index contributed by atoms with van der Waals surface area (Å²) < 4.78 is 5.23. The van der Waals surface area contributed by atoms with Crippen LogP contribution in [0.4, 0.5) is 0 Å². The highest BCUT2D eigenvalue weighted by Crippen LogP contribution is 2.28. The summed E-state index contributed by atoms with van der Waals surface area (Å²) >= 11 is 0. The topological polar surface area (TPSA) is 66.8 Å². The quantitative estimate of drug-likeness (QED) is 0.515. The van der Waals surface area contributed by atoms with Gasteiger partial charge in [-0.15, -0.1) is 0 Å². The lowest BCUT2D eigenvalue weighted by Crippen LogP contribution is -2.51. The predicted octanol–water partition coefficient (Wildman–Crippen LogP) is -0.539. The lowest BCUT2D eigenvalue weighted by molar-refractivity contribution is -0.161. The van der Waals surface area contributed by atoms with Gasteiger partial charge in [0.25, 0.3) is 0 Å². The Kier molecular flexibility index (Phi) is 1.95. The minimum Gasteiger partial charge on any atom is -0.474 e. The van der Waals surface area contributed by atoms with Gasteiger partial charge in [-0.3, -0.25) is 4.79 Å². The standard InChI is InChI=1S/C8H11NO4/c10-7(8(11)12)9-5-1-2-6(9)4-13-3-5/h5-6H,1-4H2,(H,11,12). The highest BCUT2D eigenvalue weighted by Gasteiger charge is 2.42. The van der Waals surface area contributed by atoms with Gasteiger partial charge in [0.15, 0.2) is 0 Å². The van der Waals surface area contributed by atoms with Crippen molar-refractivity contribution in [2.75, 3.05) is 13.2 Å². The van der Waals surface area contributed by atoms with Crippen molar-refractivity contribution in [3.8, 4) is 0 Å². The van der Waals surface area contributed by atoms with Gasteiger partial charge in [0, 0.05) is 0 Å². The van der Waals surface area contributed by atoms with Gasteiger partial charge in [0.1, 0.15) is 0 Å². The smallest absolute Gasteiger partial charge is 0.394 e. The summed E-state index contributed by atoms with van der Waals surface area (Å²) in [4.78, 5) is 23.2. The van der Waals surface area contributed by atoms with E-state index in [0.717, 1.165) is 12.8 Å². The van der Waals surface area contributed by atoms with Crippen LogP contribution in [-0.2, 0) is 14.3 Å². The molecular formula is C8H11NO4. The molecule has 2 saturated heterocycles. The molecule has 0 saturated carbocycles. The Morgan fingerprint density at radius 3 is 2.23 bits per heavy atom. The van der Waals surface area contributed by atoms with E-state index in [9.17, 15) is 9.59 Å². The van der Waals surface area contributed by atoms with Crippen molar-refractivity contribution in [2.24, 2.45) is 0 Å². The zero-order valence-corrected chi connectivity index (χ0v) is 7.10. The molecule has 0 aliphatic carbocycles. The van der Waals surface area contributed by atoms with E-state index < -0.39 is 11.9 Å². The van der Waals surface area contributed by atoms with Gasteiger partial charge >= 0.3 is 11.9 Å². The number of hydrogen-bond acceptors (Lipinski definition) is 3. The summed E-state index contributed by atoms with van der Waals surface area (Å²) in [6.45, 7) is 0.963. The molecule has 2 fully saturated rings. The molecule has 2 bridgehead atoms. The molecular weight excluding hydrogens is 174 g/mol. The van der Waals surface area contributed by atoms with E-state index in [1.54, 1.807) is 0 Å². The van der Waals surface area contributed by atoms with Crippen LogP contribution in [0, 0.1) is 0 Å². The summed E-state index contributed by atoms with van der Waals surface area (Å²) in [5, 5.41) is 8.57. The van der Waals surface area contributed by atoms with Crippen molar-refractivity contribution in [3.05, 3.63) is 0 Å². The fourth-order valence-corrected chi connectivity index (χ4v) is 2.07. The molecule has 1 N–H and O–H groups in total. The molecule has 0 aromatic heterocycles. The number of carboxylic acids is 1. The molecule has 2 atom stereocenters. The van der Waals surface area contributed by atoms with Gasteiger partial charge in [-0.2, -0.15) is 0 Å². The van der Waals surface area contributed by atoms with E-state index in [4.69, 9.17) is 9.84 Å². The summed E-state index contributed by atoms with van der Waals surface area (Å²) in [6, 6.07) is -0.0234. The zero-order valence-electron chi connectivity index (χ0n) is 7.10. The summed E-state index contributed by atoms with van der Waals surface area (Å²) in [6.07, 6.45) is 1.73. The Hall–Kier alpha value is -1.10. The maximum absolute atomic E-state index is 11.2. The van der Waals surface area contributed by atoms with Crippen LogP contribution < -0.4 is 0 Å². The average Bonchev–Trinajstić information content (AvgIpc) is 2.34. The maximum Gasteiger partial charge on any atom is 0.394 e. The fraction of sp³-hybridized carbons (Fsp3) is 0.750. The van der Waals surface area contributed by atoms with E-state index in [1.165, 1.54) is 4.90 Å². The molecule has 2 aliphatic rings. The van der Waals surface area contributed by atoms with Gasteiger partial charge in [0.2, 0.25) is 0 Å². The van der Waals surface area contributed by atoms with Gasteiger partial charge in [0.05, 0.1) is 25.3 Å². The number of amides is 1. The molecule has 0 aromatic rings. The highest BCUT2D eigenvalue weighted by atomic mass is 16.5. The van der Waals surface area contributed by atoms with E-state index >= 15 is 0 Å². The first-order valence-corrected chi connectivity index (χ1v) is 4.33. The molecule has 72 valence electrons. The molecule has 0 radical (unpaired) electrons. The largest absolute Gasteiger partial charge is 0.474 e. The fourth-order valence-electron chi connectivity index (χ4n) is 2.07. The van der Waals surface area contributed by atoms with Crippen molar-refractivity contribution < 1.29 is 19.4 Å². The monoisotopic (exact) mass is 185 g/mol. The van der Waals surface area contributed by atoms with Crippen LogP contribution in [0.15, 0.2) is 0 Å². The number of aliphatic carboxylic acids is 1. The van der Waals surface area contributed by atoms with Gasteiger partial charge in [-0.25, -0.2) is 4.79 Å². The minimum atomic E-state index is -1.36. The molecule has 2 unspecified atom stereocenters. The number of carbonyl (C=O) groups is 2. The van der Waals surface area contributed by atoms with E-state index in [1.807, 2.05) is 0 Å². The van der Waals surface area contributed by atoms with Crippen LogP contribution in [0.25, 0.3) is 0 Å². The molecule has 2 rings (SSSR count). The normalized spacial score (nSPS) is 31.8. The van der Waals surface area contributed by atoms with E-state index in [-0.39, 0.29) is 12.1 Å². The summed E-state index contributed by atoms with van der Waals surface area (Å²) in [7, 11) is 0. The molecule has 2 heterocycles. The number of rotatable bonds is 0. The molecule has 0 spiro atoms. The number of carboxylic acid groups (broad SMARTS) is 1.